The van der Waals surface area contributed by atoms with Crippen LogP contribution >= 0.6 is 0 Å². The Morgan fingerprint density at radius 2 is 0.848 bits per heavy atom. The first-order valence-electron chi connectivity index (χ1n) is 9.35. The zero-order valence-electron chi connectivity index (χ0n) is 17.1. The molecule has 0 saturated heterocycles. The fourth-order valence-corrected chi connectivity index (χ4v) is 5.42. The van der Waals surface area contributed by atoms with E-state index in [1.165, 1.54) is 25.1 Å². The van der Waals surface area contributed by atoms with Gasteiger partial charge < -0.3 is 0 Å². The van der Waals surface area contributed by atoms with Gasteiger partial charge in [0.25, 0.3) is 0 Å². The Hall–Kier alpha value is -2.62. The van der Waals surface area contributed by atoms with Crippen molar-refractivity contribution in [2.45, 2.75) is 47.1 Å². The molecule has 0 amide bonds. The molecule has 0 fully saturated rings. The van der Waals surface area contributed by atoms with Crippen molar-refractivity contribution in [1.82, 2.24) is 0 Å². The van der Waals surface area contributed by atoms with E-state index >= 15 is 0 Å². The van der Waals surface area contributed by atoms with Gasteiger partial charge in [0, 0.05) is 18.2 Å². The van der Waals surface area contributed by atoms with Crippen molar-refractivity contribution in [2.75, 3.05) is 0 Å². The van der Waals surface area contributed by atoms with Crippen LogP contribution in [0.25, 0.3) is 0 Å². The smallest absolute Gasteiger partial charge is 0.166 e. The van der Waals surface area contributed by atoms with E-state index in [9.17, 15) is 39.5 Å². The highest BCUT2D eigenvalue weighted by Gasteiger charge is 2.41. The SMILES string of the molecule is Cc1ccc([S+](c2cc(C)cc(C(F)(F)F)c2)c2cc(C(F)(F)F)cc(C(F)(F)F)c2)cc1. The number of rotatable bonds is 3. The Morgan fingerprint density at radius 1 is 0.455 bits per heavy atom. The minimum atomic E-state index is -5.08. The third-order valence-electron chi connectivity index (χ3n) is 4.67. The molecule has 1 unspecified atom stereocenters. The van der Waals surface area contributed by atoms with Crippen LogP contribution in [0.4, 0.5) is 39.5 Å². The van der Waals surface area contributed by atoms with Crippen molar-refractivity contribution in [2.24, 2.45) is 0 Å². The molecular formula is C23H16F9S+. The highest BCUT2D eigenvalue weighted by Crippen LogP contribution is 2.42. The van der Waals surface area contributed by atoms with Crippen LogP contribution in [0, 0.1) is 13.8 Å². The average molecular weight is 495 g/mol. The van der Waals surface area contributed by atoms with Crippen LogP contribution in [0.2, 0.25) is 0 Å². The van der Waals surface area contributed by atoms with Gasteiger partial charge in [-0.1, -0.05) is 17.7 Å². The molecule has 0 N–H and O–H groups in total. The maximum atomic E-state index is 13.4. The summed E-state index contributed by atoms with van der Waals surface area (Å²) in [6.45, 7) is 3.10. The normalized spacial score (nSPS) is 13.8. The molecule has 0 heterocycles. The Labute approximate surface area is 186 Å². The first-order valence-corrected chi connectivity index (χ1v) is 10.6. The molecule has 3 aromatic rings. The highest BCUT2D eigenvalue weighted by molar-refractivity contribution is 7.97. The van der Waals surface area contributed by atoms with Gasteiger partial charge in [0.05, 0.1) is 27.6 Å². The lowest BCUT2D eigenvalue weighted by Gasteiger charge is -2.16. The molecule has 0 aliphatic carbocycles. The molecular weight excluding hydrogens is 479 g/mol. The molecule has 0 bridgehead atoms. The van der Waals surface area contributed by atoms with Crippen LogP contribution in [0.3, 0.4) is 0 Å². The van der Waals surface area contributed by atoms with Gasteiger partial charge >= 0.3 is 18.5 Å². The van der Waals surface area contributed by atoms with Gasteiger partial charge in [0.15, 0.2) is 14.7 Å². The first kappa shape index (κ1) is 25.0. The molecule has 0 aliphatic heterocycles. The van der Waals surface area contributed by atoms with Crippen LogP contribution < -0.4 is 0 Å². The Bertz CT molecular complexity index is 1110. The van der Waals surface area contributed by atoms with E-state index < -0.39 is 46.1 Å². The Balaban J connectivity index is 2.35. The summed E-state index contributed by atoms with van der Waals surface area (Å²) in [5, 5.41) is 0. The number of alkyl halides is 9. The Morgan fingerprint density at radius 3 is 1.27 bits per heavy atom. The molecule has 0 nitrogen and oxygen atoms in total. The highest BCUT2D eigenvalue weighted by atomic mass is 32.2. The molecule has 10 heteroatoms. The molecule has 3 aromatic carbocycles. The summed E-state index contributed by atoms with van der Waals surface area (Å²) in [6.07, 6.45) is -14.9. The third-order valence-corrected chi connectivity index (χ3v) is 6.83. The zero-order valence-corrected chi connectivity index (χ0v) is 17.9. The summed E-state index contributed by atoms with van der Waals surface area (Å²) in [5.74, 6) is 0. The summed E-state index contributed by atoms with van der Waals surface area (Å²) >= 11 is 0. The quantitative estimate of drug-likeness (QED) is 0.253. The van der Waals surface area contributed by atoms with Crippen LogP contribution in [-0.4, -0.2) is 0 Å². The predicted molar refractivity (Wildman–Crippen MR) is 106 cm³/mol. The number of hydrogen-bond donors (Lipinski definition) is 0. The van der Waals surface area contributed by atoms with E-state index in [0.29, 0.717) is 12.1 Å². The van der Waals surface area contributed by atoms with Crippen molar-refractivity contribution < 1.29 is 39.5 Å². The zero-order chi connectivity index (χ0) is 24.8. The maximum absolute atomic E-state index is 13.4. The number of halogens is 9. The molecule has 0 aromatic heterocycles. The van der Waals surface area contributed by atoms with Crippen molar-refractivity contribution in [3.8, 4) is 0 Å². The van der Waals surface area contributed by atoms with Gasteiger partial charge in [0.2, 0.25) is 0 Å². The molecule has 0 saturated carbocycles. The minimum absolute atomic E-state index is 0.00241. The van der Waals surface area contributed by atoms with E-state index in [4.69, 9.17) is 0 Å². The van der Waals surface area contributed by atoms with Gasteiger partial charge in [-0.3, -0.25) is 0 Å². The van der Waals surface area contributed by atoms with E-state index in [1.807, 2.05) is 0 Å². The predicted octanol–water partition coefficient (Wildman–Crippen LogP) is 8.46. The maximum Gasteiger partial charge on any atom is 0.416 e. The fraction of sp³-hybridized carbons (Fsp3) is 0.217. The average Bonchev–Trinajstić information content (AvgIpc) is 2.67. The van der Waals surface area contributed by atoms with Crippen LogP contribution in [-0.2, 0) is 29.4 Å². The standard InChI is InChI=1S/C23H16F9S/c1-13-3-5-18(6-4-13)33(19-8-14(2)7-15(10-19)21(24,25)26)20-11-16(22(27,28)29)9-17(12-20)23(30,31)32/h3-12H,1-2H3/q+1. The van der Waals surface area contributed by atoms with E-state index in [1.54, 1.807) is 19.1 Å². The largest absolute Gasteiger partial charge is 0.416 e. The van der Waals surface area contributed by atoms with E-state index in [2.05, 4.69) is 0 Å². The number of benzene rings is 3. The van der Waals surface area contributed by atoms with Crippen LogP contribution in [0.5, 0.6) is 0 Å². The van der Waals surface area contributed by atoms with Gasteiger partial charge in [-0.25, -0.2) is 0 Å². The van der Waals surface area contributed by atoms with Gasteiger partial charge in [-0.15, -0.1) is 0 Å². The summed E-state index contributed by atoms with van der Waals surface area (Å²) < 4.78 is 121. The third kappa shape index (κ3) is 5.85. The van der Waals surface area contributed by atoms with Crippen molar-refractivity contribution >= 4 is 10.9 Å². The van der Waals surface area contributed by atoms with Crippen molar-refractivity contribution in [1.29, 1.82) is 0 Å². The second-order valence-corrected chi connectivity index (χ2v) is 9.42. The Kier molecular flexibility index (Phi) is 6.54. The minimum Gasteiger partial charge on any atom is -0.166 e. The first-order chi connectivity index (χ1) is 15.1. The van der Waals surface area contributed by atoms with Gasteiger partial charge in [-0.2, -0.15) is 39.5 Å². The second-order valence-electron chi connectivity index (χ2n) is 7.39. The van der Waals surface area contributed by atoms with Crippen LogP contribution in [0.1, 0.15) is 27.8 Å². The monoisotopic (exact) mass is 495 g/mol. The summed E-state index contributed by atoms with van der Waals surface area (Å²) in [5.41, 5.74) is -3.15. The molecule has 0 spiro atoms. The van der Waals surface area contributed by atoms with Gasteiger partial charge in [-0.05, 0) is 49.7 Å². The summed E-state index contributed by atoms with van der Waals surface area (Å²) in [4.78, 5) is -0.148. The summed E-state index contributed by atoms with van der Waals surface area (Å²) in [7, 11) is -1.67. The van der Waals surface area contributed by atoms with Crippen molar-refractivity contribution in [3.63, 3.8) is 0 Å². The van der Waals surface area contributed by atoms with Crippen LogP contribution in [0.15, 0.2) is 75.4 Å². The number of aryl methyl sites for hydroxylation is 2. The lowest BCUT2D eigenvalue weighted by Crippen LogP contribution is -2.15. The molecule has 0 aliphatic rings. The van der Waals surface area contributed by atoms with E-state index in [0.717, 1.165) is 17.7 Å². The summed E-state index contributed by atoms with van der Waals surface area (Å²) in [6, 6.07) is 10.3. The molecule has 3 rings (SSSR count). The lowest BCUT2D eigenvalue weighted by molar-refractivity contribution is -0.143. The lowest BCUT2D eigenvalue weighted by atomic mass is 10.1. The van der Waals surface area contributed by atoms with Gasteiger partial charge in [0.1, 0.15) is 0 Å². The van der Waals surface area contributed by atoms with Crippen molar-refractivity contribution in [3.05, 3.63) is 88.5 Å². The fourth-order valence-electron chi connectivity index (χ4n) is 3.16. The molecule has 33 heavy (non-hydrogen) atoms. The molecule has 0 radical (unpaired) electrons. The second kappa shape index (κ2) is 8.62. The number of hydrogen-bond acceptors (Lipinski definition) is 0. The van der Waals surface area contributed by atoms with E-state index in [-0.39, 0.29) is 26.3 Å². The topological polar surface area (TPSA) is 0 Å². The molecule has 1 atom stereocenters. The molecule has 176 valence electrons.